The molecular weight excluding hydrogens is 247 g/mol. The van der Waals surface area contributed by atoms with E-state index in [0.29, 0.717) is 12.1 Å². The Balaban J connectivity index is 2.80. The smallest absolute Gasteiger partial charge is 0.254 e. The number of amides is 2. The van der Waals surface area contributed by atoms with Crippen molar-refractivity contribution >= 4 is 11.8 Å². The maximum atomic E-state index is 13.8. The fourth-order valence-electron chi connectivity index (χ4n) is 1.65. The molecule has 0 aromatic heterocycles. The van der Waals surface area contributed by atoms with Crippen molar-refractivity contribution in [2.75, 3.05) is 13.6 Å². The fraction of sp³-hybridized carbons (Fsp3) is 0.429. The van der Waals surface area contributed by atoms with E-state index >= 15 is 0 Å². The first-order valence-electron chi connectivity index (χ1n) is 6.19. The summed E-state index contributed by atoms with van der Waals surface area (Å²) in [6, 6.07) is 3.92. The summed E-state index contributed by atoms with van der Waals surface area (Å²) in [5.41, 5.74) is 0.358. The Hall–Kier alpha value is -1.91. The highest BCUT2D eigenvalue weighted by Crippen LogP contribution is 2.11. The normalized spacial score (nSPS) is 11.8. The van der Waals surface area contributed by atoms with Gasteiger partial charge in [-0.1, -0.05) is 12.1 Å². The number of benzene rings is 1. The number of halogens is 1. The fourth-order valence-corrected chi connectivity index (χ4v) is 1.65. The molecule has 1 N–H and O–H groups in total. The standard InChI is InChI=1S/C14H19FN2O2/c1-5-17(4)14(19)10(3)16-13(18)11-8-6-7-9(2)12(11)15/h6-8,10H,5H2,1-4H3,(H,16,18). The summed E-state index contributed by atoms with van der Waals surface area (Å²) in [5.74, 6) is -1.33. The van der Waals surface area contributed by atoms with Crippen LogP contribution < -0.4 is 5.32 Å². The van der Waals surface area contributed by atoms with Gasteiger partial charge in [-0.3, -0.25) is 9.59 Å². The quantitative estimate of drug-likeness (QED) is 0.902. The lowest BCUT2D eigenvalue weighted by Gasteiger charge is -2.20. The maximum absolute atomic E-state index is 13.8. The van der Waals surface area contributed by atoms with Crippen LogP contribution in [0.15, 0.2) is 18.2 Å². The molecule has 0 aliphatic heterocycles. The largest absolute Gasteiger partial charge is 0.344 e. The number of rotatable bonds is 4. The van der Waals surface area contributed by atoms with E-state index in [9.17, 15) is 14.0 Å². The average Bonchev–Trinajstić information content (AvgIpc) is 2.39. The van der Waals surface area contributed by atoms with Gasteiger partial charge in [0, 0.05) is 13.6 Å². The van der Waals surface area contributed by atoms with Crippen molar-refractivity contribution in [3.63, 3.8) is 0 Å². The molecule has 0 spiro atoms. The van der Waals surface area contributed by atoms with Crippen LogP contribution in [-0.2, 0) is 4.79 Å². The van der Waals surface area contributed by atoms with Gasteiger partial charge in [-0.2, -0.15) is 0 Å². The van der Waals surface area contributed by atoms with E-state index in [2.05, 4.69) is 5.32 Å². The Bertz CT molecular complexity index is 488. The van der Waals surface area contributed by atoms with Crippen LogP contribution in [0.25, 0.3) is 0 Å². The number of carbonyl (C=O) groups excluding carboxylic acids is 2. The molecule has 5 heteroatoms. The van der Waals surface area contributed by atoms with E-state index in [1.54, 1.807) is 33.0 Å². The topological polar surface area (TPSA) is 49.4 Å². The first-order valence-corrected chi connectivity index (χ1v) is 6.19. The molecule has 104 valence electrons. The number of hydrogen-bond acceptors (Lipinski definition) is 2. The Morgan fingerprint density at radius 2 is 2.05 bits per heavy atom. The molecule has 1 atom stereocenters. The third-order valence-corrected chi connectivity index (χ3v) is 3.01. The summed E-state index contributed by atoms with van der Waals surface area (Å²) in [5, 5.41) is 2.51. The van der Waals surface area contributed by atoms with Crippen LogP contribution in [0.2, 0.25) is 0 Å². The van der Waals surface area contributed by atoms with Gasteiger partial charge in [-0.15, -0.1) is 0 Å². The van der Waals surface area contributed by atoms with Crippen molar-refractivity contribution in [1.82, 2.24) is 10.2 Å². The Kier molecular flexibility index (Phi) is 5.03. The van der Waals surface area contributed by atoms with Gasteiger partial charge >= 0.3 is 0 Å². The van der Waals surface area contributed by atoms with Crippen LogP contribution in [0.1, 0.15) is 29.8 Å². The van der Waals surface area contributed by atoms with Crippen LogP contribution >= 0.6 is 0 Å². The molecule has 0 bridgehead atoms. The second kappa shape index (κ2) is 6.31. The van der Waals surface area contributed by atoms with Crippen molar-refractivity contribution in [1.29, 1.82) is 0 Å². The highest BCUT2D eigenvalue weighted by atomic mass is 19.1. The number of hydrogen-bond donors (Lipinski definition) is 1. The number of aryl methyl sites for hydroxylation is 1. The number of nitrogens with one attached hydrogen (secondary N) is 1. The van der Waals surface area contributed by atoms with Gasteiger partial charge in [0.05, 0.1) is 5.56 Å². The van der Waals surface area contributed by atoms with Crippen LogP contribution in [0, 0.1) is 12.7 Å². The minimum absolute atomic E-state index is 0.0428. The Morgan fingerprint density at radius 3 is 2.63 bits per heavy atom. The third kappa shape index (κ3) is 3.53. The number of likely N-dealkylation sites (N-methyl/N-ethyl adjacent to an activating group) is 1. The summed E-state index contributed by atoms with van der Waals surface area (Å²) >= 11 is 0. The highest BCUT2D eigenvalue weighted by molar-refractivity contribution is 5.97. The monoisotopic (exact) mass is 266 g/mol. The van der Waals surface area contributed by atoms with E-state index in [1.165, 1.54) is 11.0 Å². The molecule has 1 aromatic carbocycles. The molecule has 1 rings (SSSR count). The van der Waals surface area contributed by atoms with Gasteiger partial charge < -0.3 is 10.2 Å². The van der Waals surface area contributed by atoms with E-state index in [-0.39, 0.29) is 11.5 Å². The van der Waals surface area contributed by atoms with Gasteiger partial charge in [-0.25, -0.2) is 4.39 Å². The highest BCUT2D eigenvalue weighted by Gasteiger charge is 2.21. The third-order valence-electron chi connectivity index (χ3n) is 3.01. The minimum Gasteiger partial charge on any atom is -0.344 e. The van der Waals surface area contributed by atoms with Crippen LogP contribution in [0.3, 0.4) is 0 Å². The van der Waals surface area contributed by atoms with Crippen molar-refractivity contribution in [3.05, 3.63) is 35.1 Å². The van der Waals surface area contributed by atoms with E-state index in [1.807, 2.05) is 6.92 Å². The second-order valence-electron chi connectivity index (χ2n) is 4.48. The van der Waals surface area contributed by atoms with Gasteiger partial charge in [0.25, 0.3) is 5.91 Å². The maximum Gasteiger partial charge on any atom is 0.254 e. The molecule has 0 heterocycles. The molecule has 19 heavy (non-hydrogen) atoms. The molecule has 0 saturated carbocycles. The van der Waals surface area contributed by atoms with Gasteiger partial charge in [0.2, 0.25) is 5.91 Å². The molecule has 0 fully saturated rings. The lowest BCUT2D eigenvalue weighted by molar-refractivity contribution is -0.131. The van der Waals surface area contributed by atoms with Gasteiger partial charge in [-0.05, 0) is 32.4 Å². The van der Waals surface area contributed by atoms with Crippen LogP contribution in [0.4, 0.5) is 4.39 Å². The SMILES string of the molecule is CCN(C)C(=O)C(C)NC(=O)c1cccc(C)c1F. The summed E-state index contributed by atoms with van der Waals surface area (Å²) < 4.78 is 13.8. The molecule has 0 aliphatic rings. The van der Waals surface area contributed by atoms with Crippen LogP contribution in [-0.4, -0.2) is 36.3 Å². The summed E-state index contributed by atoms with van der Waals surface area (Å²) in [4.78, 5) is 25.2. The van der Waals surface area contributed by atoms with Crippen molar-refractivity contribution in [2.45, 2.75) is 26.8 Å². The van der Waals surface area contributed by atoms with E-state index in [4.69, 9.17) is 0 Å². The van der Waals surface area contributed by atoms with E-state index in [0.717, 1.165) is 0 Å². The summed E-state index contributed by atoms with van der Waals surface area (Å²) in [6.45, 7) is 5.57. The van der Waals surface area contributed by atoms with Gasteiger partial charge in [0.15, 0.2) is 0 Å². The summed E-state index contributed by atoms with van der Waals surface area (Å²) in [7, 11) is 1.65. The molecule has 2 amide bonds. The zero-order valence-electron chi connectivity index (χ0n) is 11.7. The van der Waals surface area contributed by atoms with Crippen molar-refractivity contribution in [3.8, 4) is 0 Å². The molecule has 1 aromatic rings. The summed E-state index contributed by atoms with van der Waals surface area (Å²) in [6.07, 6.45) is 0. The van der Waals surface area contributed by atoms with E-state index < -0.39 is 17.8 Å². The van der Waals surface area contributed by atoms with Crippen molar-refractivity contribution < 1.29 is 14.0 Å². The molecule has 4 nitrogen and oxygen atoms in total. The number of carbonyl (C=O) groups is 2. The predicted octanol–water partition coefficient (Wildman–Crippen LogP) is 1.73. The van der Waals surface area contributed by atoms with Gasteiger partial charge in [0.1, 0.15) is 11.9 Å². The lowest BCUT2D eigenvalue weighted by Crippen LogP contribution is -2.45. The predicted molar refractivity (Wildman–Crippen MR) is 71.4 cm³/mol. The zero-order chi connectivity index (χ0) is 14.6. The first kappa shape index (κ1) is 15.1. The Morgan fingerprint density at radius 1 is 1.42 bits per heavy atom. The zero-order valence-corrected chi connectivity index (χ0v) is 11.7. The van der Waals surface area contributed by atoms with Crippen molar-refractivity contribution in [2.24, 2.45) is 0 Å². The molecule has 0 aliphatic carbocycles. The molecular formula is C14H19FN2O2. The molecule has 1 unspecified atom stereocenters. The second-order valence-corrected chi connectivity index (χ2v) is 4.48. The minimum atomic E-state index is -0.683. The average molecular weight is 266 g/mol. The Labute approximate surface area is 112 Å². The first-order chi connectivity index (χ1) is 8.88. The number of nitrogens with zero attached hydrogens (tertiary/aromatic N) is 1. The van der Waals surface area contributed by atoms with Crippen LogP contribution in [0.5, 0.6) is 0 Å². The lowest BCUT2D eigenvalue weighted by atomic mass is 10.1. The molecule has 0 radical (unpaired) electrons. The molecule has 0 saturated heterocycles.